The Labute approximate surface area is 210 Å². The summed E-state index contributed by atoms with van der Waals surface area (Å²) >= 11 is 0. The molecule has 0 amide bonds. The number of pyridine rings is 1. The first-order chi connectivity index (χ1) is 17.8. The number of benzene rings is 2. The zero-order valence-corrected chi connectivity index (χ0v) is 20.3. The van der Waals surface area contributed by atoms with E-state index < -0.39 is 0 Å². The van der Waals surface area contributed by atoms with Gasteiger partial charge in [0, 0.05) is 60.3 Å². The number of rotatable bonds is 4. The van der Waals surface area contributed by atoms with Crippen LogP contribution in [-0.4, -0.2) is 58.9 Å². The molecule has 0 aliphatic carbocycles. The SMILES string of the molecule is c1cc(N2CCOCC2)ccc1-c1cnc2[nH]cc(-c3ccc4ncn(C5CCCNC5)c4c3)c2c1. The van der Waals surface area contributed by atoms with Crippen molar-refractivity contribution < 1.29 is 4.74 Å². The smallest absolute Gasteiger partial charge is 0.137 e. The molecular formula is C29H30N6O. The highest BCUT2D eigenvalue weighted by molar-refractivity contribution is 5.97. The topological polar surface area (TPSA) is 71.0 Å². The monoisotopic (exact) mass is 478 g/mol. The van der Waals surface area contributed by atoms with E-state index in [1.165, 1.54) is 40.7 Å². The number of morpholine rings is 1. The molecule has 7 nitrogen and oxygen atoms in total. The van der Waals surface area contributed by atoms with Crippen molar-refractivity contribution in [3.8, 4) is 22.3 Å². The number of hydrogen-bond acceptors (Lipinski definition) is 5. The second-order valence-corrected chi connectivity index (χ2v) is 9.82. The molecule has 2 fully saturated rings. The summed E-state index contributed by atoms with van der Waals surface area (Å²) in [7, 11) is 0. The van der Waals surface area contributed by atoms with Gasteiger partial charge in [0.05, 0.1) is 30.6 Å². The van der Waals surface area contributed by atoms with Crippen molar-refractivity contribution in [2.45, 2.75) is 18.9 Å². The van der Waals surface area contributed by atoms with Crippen molar-refractivity contribution in [1.29, 1.82) is 0 Å². The lowest BCUT2D eigenvalue weighted by atomic mass is 10.0. The maximum atomic E-state index is 5.49. The molecule has 1 atom stereocenters. The summed E-state index contributed by atoms with van der Waals surface area (Å²) in [6, 6.07) is 18.1. The normalized spacial score (nSPS) is 18.8. The van der Waals surface area contributed by atoms with E-state index in [4.69, 9.17) is 9.72 Å². The van der Waals surface area contributed by atoms with Crippen LogP contribution < -0.4 is 10.2 Å². The first kappa shape index (κ1) is 21.6. The molecule has 0 bridgehead atoms. The Morgan fingerprint density at radius 2 is 1.78 bits per heavy atom. The Morgan fingerprint density at radius 1 is 0.917 bits per heavy atom. The van der Waals surface area contributed by atoms with Crippen LogP contribution in [0.2, 0.25) is 0 Å². The molecule has 0 spiro atoms. The van der Waals surface area contributed by atoms with Crippen LogP contribution >= 0.6 is 0 Å². The molecule has 1 unspecified atom stereocenters. The summed E-state index contributed by atoms with van der Waals surface area (Å²) < 4.78 is 7.84. The first-order valence-corrected chi connectivity index (χ1v) is 12.9. The second-order valence-electron chi connectivity index (χ2n) is 9.82. The Bertz CT molecular complexity index is 1510. The van der Waals surface area contributed by atoms with Crippen LogP contribution in [0.3, 0.4) is 0 Å². The van der Waals surface area contributed by atoms with E-state index in [9.17, 15) is 0 Å². The molecule has 7 heteroatoms. The van der Waals surface area contributed by atoms with Crippen LogP contribution in [0.4, 0.5) is 5.69 Å². The number of H-pyrrole nitrogens is 1. The number of piperidine rings is 1. The minimum atomic E-state index is 0.454. The number of aromatic amines is 1. The fourth-order valence-corrected chi connectivity index (χ4v) is 5.64. The van der Waals surface area contributed by atoms with E-state index in [1.807, 2.05) is 12.5 Å². The quantitative estimate of drug-likeness (QED) is 0.380. The molecule has 2 aromatic carbocycles. The van der Waals surface area contributed by atoms with Gasteiger partial charge in [-0.25, -0.2) is 9.97 Å². The van der Waals surface area contributed by atoms with E-state index >= 15 is 0 Å². The zero-order chi connectivity index (χ0) is 23.9. The van der Waals surface area contributed by atoms with Gasteiger partial charge in [-0.1, -0.05) is 18.2 Å². The van der Waals surface area contributed by atoms with Crippen molar-refractivity contribution in [1.82, 2.24) is 24.8 Å². The molecule has 36 heavy (non-hydrogen) atoms. The Hall–Kier alpha value is -3.68. The predicted octanol–water partition coefficient (Wildman–Crippen LogP) is 5.01. The number of aromatic nitrogens is 4. The average Bonchev–Trinajstić information content (AvgIpc) is 3.58. The van der Waals surface area contributed by atoms with Gasteiger partial charge in [0.25, 0.3) is 0 Å². The third-order valence-corrected chi connectivity index (χ3v) is 7.66. The van der Waals surface area contributed by atoms with Crippen LogP contribution in [0, 0.1) is 0 Å². The lowest BCUT2D eigenvalue weighted by Gasteiger charge is -2.28. The van der Waals surface area contributed by atoms with Crippen LogP contribution in [0.15, 0.2) is 67.3 Å². The minimum absolute atomic E-state index is 0.454. The van der Waals surface area contributed by atoms with Crippen molar-refractivity contribution in [2.75, 3.05) is 44.3 Å². The van der Waals surface area contributed by atoms with Gasteiger partial charge in [0.2, 0.25) is 0 Å². The molecule has 3 aromatic heterocycles. The zero-order valence-electron chi connectivity index (χ0n) is 20.3. The number of ether oxygens (including phenoxy) is 1. The van der Waals surface area contributed by atoms with Gasteiger partial charge in [0.1, 0.15) is 5.65 Å². The molecular weight excluding hydrogens is 448 g/mol. The average molecular weight is 479 g/mol. The van der Waals surface area contributed by atoms with Gasteiger partial charge >= 0.3 is 0 Å². The maximum absolute atomic E-state index is 5.49. The molecule has 2 N–H and O–H groups in total. The van der Waals surface area contributed by atoms with Crippen LogP contribution in [0.25, 0.3) is 44.3 Å². The molecule has 0 saturated carbocycles. The van der Waals surface area contributed by atoms with Gasteiger partial charge in [-0.05, 0) is 60.8 Å². The van der Waals surface area contributed by atoms with Gasteiger partial charge in [-0.2, -0.15) is 0 Å². The molecule has 2 aliphatic heterocycles. The summed E-state index contributed by atoms with van der Waals surface area (Å²) in [6.45, 7) is 5.58. The second kappa shape index (κ2) is 9.08. The summed E-state index contributed by atoms with van der Waals surface area (Å²) in [4.78, 5) is 15.2. The van der Waals surface area contributed by atoms with E-state index in [0.717, 1.165) is 61.5 Å². The van der Waals surface area contributed by atoms with Crippen molar-refractivity contribution in [3.63, 3.8) is 0 Å². The summed E-state index contributed by atoms with van der Waals surface area (Å²) in [5.41, 5.74) is 9.03. The lowest BCUT2D eigenvalue weighted by molar-refractivity contribution is 0.122. The highest BCUT2D eigenvalue weighted by Crippen LogP contribution is 2.34. The fraction of sp³-hybridized carbons (Fsp3) is 0.310. The van der Waals surface area contributed by atoms with E-state index in [-0.39, 0.29) is 0 Å². The first-order valence-electron chi connectivity index (χ1n) is 12.9. The third kappa shape index (κ3) is 3.85. The largest absolute Gasteiger partial charge is 0.378 e. The van der Waals surface area contributed by atoms with E-state index in [0.29, 0.717) is 6.04 Å². The van der Waals surface area contributed by atoms with Crippen molar-refractivity contribution >= 4 is 27.8 Å². The standard InChI is InChI=1S/C29H30N6O/c1-2-24(17-30-9-1)35-19-33-27-8-5-21(15-28(27)35)26-18-32-29-25(26)14-22(16-31-29)20-3-6-23(7-4-20)34-10-12-36-13-11-34/h3-8,14-16,18-19,24,30H,1-2,9-13,17H2,(H,31,32). The van der Waals surface area contributed by atoms with Gasteiger partial charge < -0.3 is 24.5 Å². The fourth-order valence-electron chi connectivity index (χ4n) is 5.64. The number of nitrogens with one attached hydrogen (secondary N) is 2. The maximum Gasteiger partial charge on any atom is 0.137 e. The number of fused-ring (bicyclic) bond motifs is 2. The number of nitrogens with zero attached hydrogens (tertiary/aromatic N) is 4. The Kier molecular flexibility index (Phi) is 5.44. The molecule has 0 radical (unpaired) electrons. The molecule has 2 aliphatic rings. The molecule has 5 heterocycles. The summed E-state index contributed by atoms with van der Waals surface area (Å²) in [6.07, 6.45) is 8.43. The number of hydrogen-bond donors (Lipinski definition) is 2. The highest BCUT2D eigenvalue weighted by atomic mass is 16.5. The molecule has 5 aromatic rings. The predicted molar refractivity (Wildman–Crippen MR) is 144 cm³/mol. The Morgan fingerprint density at radius 3 is 2.61 bits per heavy atom. The number of imidazole rings is 1. The summed E-state index contributed by atoms with van der Waals surface area (Å²) in [5.74, 6) is 0. The molecule has 182 valence electrons. The van der Waals surface area contributed by atoms with Crippen LogP contribution in [0.1, 0.15) is 18.9 Å². The van der Waals surface area contributed by atoms with Gasteiger partial charge in [-0.3, -0.25) is 0 Å². The van der Waals surface area contributed by atoms with E-state index in [1.54, 1.807) is 0 Å². The van der Waals surface area contributed by atoms with E-state index in [2.05, 4.69) is 79.5 Å². The van der Waals surface area contributed by atoms with Gasteiger partial charge in [0.15, 0.2) is 0 Å². The lowest BCUT2D eigenvalue weighted by Crippen LogP contribution is -2.36. The molecule has 2 saturated heterocycles. The minimum Gasteiger partial charge on any atom is -0.378 e. The van der Waals surface area contributed by atoms with Gasteiger partial charge in [-0.15, -0.1) is 0 Å². The Balaban J connectivity index is 1.23. The number of anilines is 1. The van der Waals surface area contributed by atoms with Crippen molar-refractivity contribution in [2.24, 2.45) is 0 Å². The highest BCUT2D eigenvalue weighted by Gasteiger charge is 2.18. The third-order valence-electron chi connectivity index (χ3n) is 7.66. The van der Waals surface area contributed by atoms with Crippen molar-refractivity contribution in [3.05, 3.63) is 67.3 Å². The summed E-state index contributed by atoms with van der Waals surface area (Å²) in [5, 5.41) is 4.66. The molecule has 7 rings (SSSR count). The van der Waals surface area contributed by atoms with Crippen LogP contribution in [-0.2, 0) is 4.74 Å². The van der Waals surface area contributed by atoms with Crippen LogP contribution in [0.5, 0.6) is 0 Å².